The quantitative estimate of drug-likeness (QED) is 0.191. The average Bonchev–Trinajstić information content (AvgIpc) is 3.27. The number of aromatic carboxylic acids is 1. The van der Waals surface area contributed by atoms with Crippen LogP contribution in [0.4, 0.5) is 14.9 Å². The summed E-state index contributed by atoms with van der Waals surface area (Å²) in [6, 6.07) is 2.47. The van der Waals surface area contributed by atoms with Crippen molar-refractivity contribution in [2.24, 2.45) is 5.92 Å². The molecule has 0 unspecified atom stereocenters. The number of alkyl carbamates (subject to hydrolysis) is 1. The van der Waals surface area contributed by atoms with E-state index in [0.29, 0.717) is 26.2 Å². The first-order valence-electron chi connectivity index (χ1n) is 13.4. The Morgan fingerprint density at radius 2 is 1.80 bits per heavy atom. The fourth-order valence-electron chi connectivity index (χ4n) is 5.43. The zero-order chi connectivity index (χ0) is 31.2. The maximum absolute atomic E-state index is 15.1. The van der Waals surface area contributed by atoms with E-state index >= 15 is 4.39 Å². The monoisotopic (exact) mass is 663 g/mol. The Balaban J connectivity index is 0.00000276. The van der Waals surface area contributed by atoms with Crippen LogP contribution < -0.4 is 85.0 Å². The molecule has 0 spiro atoms. The van der Waals surface area contributed by atoms with Gasteiger partial charge in [0.2, 0.25) is 5.91 Å². The minimum absolute atomic E-state index is 0. The fourth-order valence-corrected chi connectivity index (χ4v) is 6.97. The zero-order valence-electron chi connectivity index (χ0n) is 25.2. The van der Waals surface area contributed by atoms with Gasteiger partial charge in [0.25, 0.3) is 0 Å². The molecule has 18 heteroatoms. The number of pyridine rings is 1. The van der Waals surface area contributed by atoms with Gasteiger partial charge in [0.15, 0.2) is 5.43 Å². The number of nitrogens with zero attached hydrogens (tertiary/aromatic N) is 4. The average molecular weight is 664 g/mol. The third kappa shape index (κ3) is 7.39. The van der Waals surface area contributed by atoms with Gasteiger partial charge in [-0.05, 0) is 26.1 Å². The van der Waals surface area contributed by atoms with Crippen molar-refractivity contribution in [3.63, 3.8) is 0 Å². The topological polar surface area (TPSA) is 188 Å². The third-order valence-corrected chi connectivity index (χ3v) is 9.10. The smallest absolute Gasteiger partial charge is 0.545 e. The Morgan fingerprint density at radius 1 is 1.13 bits per heavy atom. The Hall–Kier alpha value is -2.15. The van der Waals surface area contributed by atoms with Gasteiger partial charge < -0.3 is 49.3 Å². The number of aromatic nitrogens is 1. The van der Waals surface area contributed by atoms with Crippen molar-refractivity contribution in [1.29, 1.82) is 0 Å². The number of piperazine rings is 1. The van der Waals surface area contributed by atoms with Gasteiger partial charge in [0.1, 0.15) is 17.8 Å². The molecule has 45 heavy (non-hydrogen) atoms. The number of hydrogen-bond donors (Lipinski definition) is 2. The van der Waals surface area contributed by atoms with Gasteiger partial charge in [-0.15, -0.1) is 0 Å². The molecule has 4 heterocycles. The molecular weight excluding hydrogens is 635 g/mol. The Morgan fingerprint density at radius 3 is 2.40 bits per heavy atom. The number of carbonyl (C=O) groups is 4. The summed E-state index contributed by atoms with van der Waals surface area (Å²) in [5.74, 6) is -5.35. The number of thioether (sulfide) groups is 1. The van der Waals surface area contributed by atoms with E-state index < -0.39 is 58.1 Å². The van der Waals surface area contributed by atoms with Crippen LogP contribution >= 0.6 is 11.8 Å². The maximum Gasteiger partial charge on any atom is 1.00 e. The number of carboxylic acids is 2. The molecule has 1 aromatic heterocycles. The second-order valence-corrected chi connectivity index (χ2v) is 11.7. The summed E-state index contributed by atoms with van der Waals surface area (Å²) in [6.45, 7) is 3.23. The first-order valence-corrected chi connectivity index (χ1v) is 14.3. The number of ether oxygens (including phenoxy) is 1. The number of halogens is 1. The molecule has 230 valence electrons. The second kappa shape index (κ2) is 15.2. The molecule has 3 aliphatic rings. The summed E-state index contributed by atoms with van der Waals surface area (Å²) in [6.07, 6.45) is -0.871. The van der Waals surface area contributed by atoms with Crippen molar-refractivity contribution in [3.05, 3.63) is 50.5 Å². The molecule has 0 radical (unpaired) electrons. The Labute approximate surface area is 305 Å². The summed E-state index contributed by atoms with van der Waals surface area (Å²) in [4.78, 5) is 65.9. The molecule has 2 fully saturated rings. The van der Waals surface area contributed by atoms with Crippen LogP contribution in [0.15, 0.2) is 33.7 Å². The van der Waals surface area contributed by atoms with Crippen LogP contribution in [0.5, 0.6) is 0 Å². The molecule has 2 saturated heterocycles. The van der Waals surface area contributed by atoms with E-state index in [-0.39, 0.29) is 106 Å². The summed E-state index contributed by atoms with van der Waals surface area (Å²) in [7, 11) is 1.95. The van der Waals surface area contributed by atoms with Gasteiger partial charge in [-0.2, -0.15) is 0 Å². The van der Waals surface area contributed by atoms with Crippen molar-refractivity contribution in [3.8, 4) is 0 Å². The van der Waals surface area contributed by atoms with Crippen molar-refractivity contribution < 1.29 is 103 Å². The second-order valence-electron chi connectivity index (χ2n) is 10.5. The summed E-state index contributed by atoms with van der Waals surface area (Å²) in [5, 5.41) is 34.8. The Kier molecular flexibility index (Phi) is 12.6. The van der Waals surface area contributed by atoms with E-state index in [1.165, 1.54) is 17.6 Å². The molecule has 5 rings (SSSR count). The number of anilines is 1. The summed E-state index contributed by atoms with van der Waals surface area (Å²) < 4.78 is 21.7. The molecule has 0 bridgehead atoms. The first-order chi connectivity index (χ1) is 20.4. The predicted octanol–water partition coefficient (Wildman–Crippen LogP) is -8.14. The molecule has 0 aliphatic carbocycles. The minimum atomic E-state index is -1.74. The van der Waals surface area contributed by atoms with Crippen molar-refractivity contribution in [2.45, 2.75) is 24.9 Å². The van der Waals surface area contributed by atoms with E-state index in [2.05, 4.69) is 10.2 Å². The number of carbonyl (C=O) groups excluding carboxylic acids is 4. The molecule has 2 amide bonds. The summed E-state index contributed by atoms with van der Waals surface area (Å²) in [5.41, 5.74) is -1.47. The number of aliphatic hydroxyl groups excluding tert-OH is 1. The van der Waals surface area contributed by atoms with Gasteiger partial charge >= 0.3 is 65.2 Å². The number of carboxylic acid groups (broad SMARTS) is 2. The number of amides is 2. The standard InChI is InChI=1S/C27H30FN5O9S.2Na/c1-13(34)20-23(36)33-21(26(39)40)19(43-24(20)33)11-29-27(41)42-8-7-32-12-15(25(37)38)22(35)14-9-16(28)18(10-17(14)32)31-5-3-30(2)4-6-31;;/h9-10,12-13,20,24,34H,3-8,11H2,1-2H3,(H,29,41)(H,37,38)(H,39,40);;/q;2*+1/p-2/t13-,20-,24-;;/m1../s1. The van der Waals surface area contributed by atoms with Gasteiger partial charge in [-0.1, -0.05) is 11.8 Å². The molecule has 14 nitrogen and oxygen atoms in total. The van der Waals surface area contributed by atoms with Crippen LogP contribution in [0.2, 0.25) is 0 Å². The normalized spacial score (nSPS) is 20.1. The van der Waals surface area contributed by atoms with Crippen LogP contribution in [0, 0.1) is 11.7 Å². The van der Waals surface area contributed by atoms with E-state index in [0.717, 1.165) is 28.9 Å². The molecule has 2 aromatic rings. The minimum Gasteiger partial charge on any atom is -0.545 e. The van der Waals surface area contributed by atoms with Crippen LogP contribution in [0.1, 0.15) is 17.3 Å². The maximum atomic E-state index is 15.1. The number of hydrogen-bond acceptors (Lipinski definition) is 12. The third-order valence-electron chi connectivity index (χ3n) is 7.74. The van der Waals surface area contributed by atoms with Crippen molar-refractivity contribution >= 4 is 52.3 Å². The molecule has 3 aliphatic heterocycles. The zero-order valence-corrected chi connectivity index (χ0v) is 30.0. The number of rotatable bonds is 9. The van der Waals surface area contributed by atoms with E-state index in [1.807, 2.05) is 11.9 Å². The van der Waals surface area contributed by atoms with E-state index in [1.54, 1.807) is 0 Å². The van der Waals surface area contributed by atoms with E-state index in [4.69, 9.17) is 4.74 Å². The number of aliphatic hydroxyl groups is 1. The van der Waals surface area contributed by atoms with E-state index in [9.17, 15) is 39.3 Å². The summed E-state index contributed by atoms with van der Waals surface area (Å²) >= 11 is 1.02. The van der Waals surface area contributed by atoms with Crippen molar-refractivity contribution in [1.82, 2.24) is 19.7 Å². The molecule has 3 atom stereocenters. The Bertz CT molecular complexity index is 1610. The van der Waals surface area contributed by atoms with Gasteiger partial charge in [0.05, 0.1) is 59.5 Å². The van der Waals surface area contributed by atoms with Crippen molar-refractivity contribution in [2.75, 3.05) is 51.3 Å². The predicted molar refractivity (Wildman–Crippen MR) is 147 cm³/mol. The van der Waals surface area contributed by atoms with Gasteiger partial charge in [-0.3, -0.25) is 14.5 Å². The van der Waals surface area contributed by atoms with Gasteiger partial charge in [0, 0.05) is 42.7 Å². The fraction of sp³-hybridized carbons (Fsp3) is 0.444. The molecular formula is C27H28FN5Na2O9S. The van der Waals surface area contributed by atoms with Crippen LogP contribution in [0.3, 0.4) is 0 Å². The number of likely N-dealkylation sites (N-methyl/N-ethyl adjacent to an activating group) is 1. The number of aliphatic carboxylic acids is 1. The first kappa shape index (κ1) is 37.3. The number of β-lactam (4-membered cyclic amide) rings is 1. The molecule has 2 N–H and O–H groups in total. The van der Waals surface area contributed by atoms with Crippen LogP contribution in [-0.4, -0.2) is 101 Å². The van der Waals surface area contributed by atoms with Gasteiger partial charge in [-0.25, -0.2) is 9.18 Å². The van der Waals surface area contributed by atoms with Crippen LogP contribution in [0.25, 0.3) is 10.9 Å². The van der Waals surface area contributed by atoms with Crippen LogP contribution in [-0.2, 0) is 20.9 Å². The largest absolute Gasteiger partial charge is 1.00 e. The SMILES string of the molecule is C[C@@H](O)[C@@H]1C(=O)N2C(C(=O)[O-])=C(CNC(=O)OCCn3cc(C(=O)[O-])c(=O)c4cc(F)c(N5CCN(C)CC5)cc43)S[C@H]12.[Na+].[Na+]. The number of fused-ring (bicyclic) bond motifs is 2. The number of nitrogens with one attached hydrogen (secondary N) is 1. The molecule has 1 aromatic carbocycles. The molecule has 0 saturated carbocycles. The number of benzene rings is 1.